The largest absolute Gasteiger partial charge is 0.501 e. The van der Waals surface area contributed by atoms with Gasteiger partial charge in [-0.25, -0.2) is 14.6 Å². The van der Waals surface area contributed by atoms with Crippen molar-refractivity contribution in [3.63, 3.8) is 0 Å². The Labute approximate surface area is 184 Å². The summed E-state index contributed by atoms with van der Waals surface area (Å²) in [7, 11) is 0. The van der Waals surface area contributed by atoms with Crippen molar-refractivity contribution in [1.82, 2.24) is 15.3 Å². The fourth-order valence-corrected chi connectivity index (χ4v) is 4.05. The van der Waals surface area contributed by atoms with Crippen molar-refractivity contribution in [3.8, 4) is 17.1 Å². The summed E-state index contributed by atoms with van der Waals surface area (Å²) in [6.45, 7) is 0. The standard InChI is InChI=1S/C20H17N5O6S/c26-15-14(19(29)30)24-16(25-18(15)28)10-7-32-8-13(10)23-20(31)22-12-6-5-9-3-1-2-4-11(9)21-17(12)27/h1-4,7-8,12,26H,5-6H2,(H,21,27)(H,29,30)(H2,22,23,31)(H,24,25,28). The summed E-state index contributed by atoms with van der Waals surface area (Å²) in [5, 5.41) is 29.8. The van der Waals surface area contributed by atoms with Gasteiger partial charge in [0.1, 0.15) is 11.9 Å². The molecule has 0 aliphatic carbocycles. The van der Waals surface area contributed by atoms with Crippen LogP contribution in [0.4, 0.5) is 16.2 Å². The van der Waals surface area contributed by atoms with E-state index in [1.54, 1.807) is 16.8 Å². The summed E-state index contributed by atoms with van der Waals surface area (Å²) in [6, 6.07) is 5.97. The van der Waals surface area contributed by atoms with Gasteiger partial charge in [-0.2, -0.15) is 0 Å². The maximum atomic E-state index is 12.6. The molecule has 0 spiro atoms. The lowest BCUT2D eigenvalue weighted by atomic mass is 10.1. The number of amides is 3. The third-order valence-corrected chi connectivity index (χ3v) is 5.61. The number of carboxylic acids is 1. The number of aromatic carboxylic acids is 1. The van der Waals surface area contributed by atoms with Gasteiger partial charge in [-0.3, -0.25) is 9.59 Å². The molecule has 1 aromatic carbocycles. The highest BCUT2D eigenvalue weighted by molar-refractivity contribution is 7.08. The Bertz CT molecular complexity index is 1280. The van der Waals surface area contributed by atoms with Gasteiger partial charge < -0.3 is 31.1 Å². The zero-order valence-electron chi connectivity index (χ0n) is 16.3. The van der Waals surface area contributed by atoms with Crippen LogP contribution < -0.4 is 21.5 Å². The number of H-pyrrole nitrogens is 1. The van der Waals surface area contributed by atoms with Crippen LogP contribution in [0.1, 0.15) is 22.5 Å². The quantitative estimate of drug-likeness (QED) is 0.349. The number of carbonyl (C=O) groups excluding carboxylic acids is 2. The van der Waals surface area contributed by atoms with Gasteiger partial charge in [0, 0.05) is 16.4 Å². The van der Waals surface area contributed by atoms with E-state index in [0.29, 0.717) is 18.5 Å². The average molecular weight is 455 g/mol. The van der Waals surface area contributed by atoms with Gasteiger partial charge in [-0.15, -0.1) is 11.3 Å². The molecule has 1 unspecified atom stereocenters. The minimum absolute atomic E-state index is 0.135. The molecule has 0 radical (unpaired) electrons. The van der Waals surface area contributed by atoms with Crippen molar-refractivity contribution in [1.29, 1.82) is 0 Å². The van der Waals surface area contributed by atoms with Gasteiger partial charge >= 0.3 is 12.0 Å². The van der Waals surface area contributed by atoms with Crippen LogP contribution in [0.15, 0.2) is 39.8 Å². The lowest BCUT2D eigenvalue weighted by Gasteiger charge is -2.16. The van der Waals surface area contributed by atoms with Crippen LogP contribution in [0.3, 0.4) is 0 Å². The van der Waals surface area contributed by atoms with Gasteiger partial charge in [-0.1, -0.05) is 18.2 Å². The molecule has 32 heavy (non-hydrogen) atoms. The van der Waals surface area contributed by atoms with Crippen LogP contribution in [0, 0.1) is 0 Å². The summed E-state index contributed by atoms with van der Waals surface area (Å²) in [6.07, 6.45) is 1.00. The van der Waals surface area contributed by atoms with Crippen LogP contribution >= 0.6 is 11.3 Å². The van der Waals surface area contributed by atoms with E-state index in [0.717, 1.165) is 5.56 Å². The third-order valence-electron chi connectivity index (χ3n) is 4.86. The Morgan fingerprint density at radius 3 is 2.75 bits per heavy atom. The molecule has 4 rings (SSSR count). The van der Waals surface area contributed by atoms with E-state index < -0.39 is 35.0 Å². The molecular weight excluding hydrogens is 438 g/mol. The van der Waals surface area contributed by atoms with Crippen molar-refractivity contribution in [2.24, 2.45) is 0 Å². The summed E-state index contributed by atoms with van der Waals surface area (Å²) in [5.74, 6) is -3.06. The van der Waals surface area contributed by atoms with Crippen LogP contribution in [0.25, 0.3) is 11.4 Å². The number of rotatable bonds is 4. The SMILES string of the molecule is O=C(Nc1cscc1-c1nc(C(=O)O)c(O)c(=O)[nH]1)NC1CCc2ccccc2NC1=O. The number of benzene rings is 1. The first-order valence-electron chi connectivity index (χ1n) is 9.43. The number of aromatic nitrogens is 2. The minimum atomic E-state index is -1.57. The molecule has 0 fully saturated rings. The molecule has 1 aliphatic rings. The number of aryl methyl sites for hydroxylation is 1. The van der Waals surface area contributed by atoms with Crippen LogP contribution in [0.5, 0.6) is 5.75 Å². The third kappa shape index (κ3) is 4.16. The zero-order chi connectivity index (χ0) is 22.8. The minimum Gasteiger partial charge on any atom is -0.501 e. The van der Waals surface area contributed by atoms with Crippen molar-refractivity contribution in [2.45, 2.75) is 18.9 Å². The van der Waals surface area contributed by atoms with Crippen LogP contribution in [-0.2, 0) is 11.2 Å². The highest BCUT2D eigenvalue weighted by atomic mass is 32.1. The molecule has 0 saturated heterocycles. The Hall–Kier alpha value is -4.19. The number of nitrogens with one attached hydrogen (secondary N) is 4. The number of hydrogen-bond donors (Lipinski definition) is 6. The molecule has 0 bridgehead atoms. The summed E-state index contributed by atoms with van der Waals surface area (Å²) in [4.78, 5) is 54.2. The van der Waals surface area contributed by atoms with Gasteiger partial charge in [0.15, 0.2) is 5.69 Å². The first-order valence-corrected chi connectivity index (χ1v) is 10.4. The molecular formula is C20H17N5O6S. The number of carboxylic acid groups (broad SMARTS) is 1. The second-order valence-corrected chi connectivity index (χ2v) is 7.70. The maximum absolute atomic E-state index is 12.6. The van der Waals surface area contributed by atoms with E-state index in [1.807, 2.05) is 18.2 Å². The van der Waals surface area contributed by atoms with E-state index in [-0.39, 0.29) is 23.0 Å². The maximum Gasteiger partial charge on any atom is 0.358 e. The number of carbonyl (C=O) groups is 3. The lowest BCUT2D eigenvalue weighted by molar-refractivity contribution is -0.117. The number of para-hydroxylation sites is 1. The second kappa shape index (κ2) is 8.51. The smallest absolute Gasteiger partial charge is 0.358 e. The number of nitrogens with zero attached hydrogens (tertiary/aromatic N) is 1. The number of fused-ring (bicyclic) bond motifs is 1. The van der Waals surface area contributed by atoms with Crippen molar-refractivity contribution in [2.75, 3.05) is 10.6 Å². The number of thiophene rings is 1. The number of urea groups is 1. The Morgan fingerprint density at radius 2 is 1.97 bits per heavy atom. The lowest BCUT2D eigenvalue weighted by Crippen LogP contribution is -2.45. The highest BCUT2D eigenvalue weighted by Gasteiger charge is 2.26. The first-order chi connectivity index (χ1) is 15.3. The summed E-state index contributed by atoms with van der Waals surface area (Å²) >= 11 is 1.18. The topological polar surface area (TPSA) is 174 Å². The summed E-state index contributed by atoms with van der Waals surface area (Å²) < 4.78 is 0. The summed E-state index contributed by atoms with van der Waals surface area (Å²) in [5.41, 5.74) is 0.349. The fourth-order valence-electron chi connectivity index (χ4n) is 3.29. The predicted molar refractivity (Wildman–Crippen MR) is 116 cm³/mol. The molecule has 3 amide bonds. The zero-order valence-corrected chi connectivity index (χ0v) is 17.2. The monoisotopic (exact) mass is 455 g/mol. The van der Waals surface area contributed by atoms with E-state index in [1.165, 1.54) is 11.3 Å². The van der Waals surface area contributed by atoms with Crippen molar-refractivity contribution < 1.29 is 24.6 Å². The molecule has 3 heterocycles. The number of aromatic amines is 1. The molecule has 3 aromatic rings. The Kier molecular flexibility index (Phi) is 5.60. The molecule has 2 aromatic heterocycles. The number of hydrogen-bond acceptors (Lipinski definition) is 7. The molecule has 1 aliphatic heterocycles. The molecule has 6 N–H and O–H groups in total. The van der Waals surface area contributed by atoms with Gasteiger partial charge in [0.2, 0.25) is 11.7 Å². The molecule has 11 nitrogen and oxygen atoms in total. The fraction of sp³-hybridized carbons (Fsp3) is 0.150. The van der Waals surface area contributed by atoms with E-state index in [4.69, 9.17) is 5.11 Å². The molecule has 12 heteroatoms. The molecule has 1 atom stereocenters. The van der Waals surface area contributed by atoms with Crippen molar-refractivity contribution >= 4 is 40.6 Å². The van der Waals surface area contributed by atoms with Gasteiger partial charge in [0.05, 0.1) is 11.3 Å². The average Bonchev–Trinajstić information content (AvgIpc) is 3.15. The predicted octanol–water partition coefficient (Wildman–Crippen LogP) is 1.98. The van der Waals surface area contributed by atoms with Crippen LogP contribution in [-0.4, -0.2) is 44.1 Å². The van der Waals surface area contributed by atoms with Crippen LogP contribution in [0.2, 0.25) is 0 Å². The molecule has 164 valence electrons. The molecule has 0 saturated carbocycles. The normalized spacial score (nSPS) is 15.2. The van der Waals surface area contributed by atoms with Gasteiger partial charge in [-0.05, 0) is 24.5 Å². The Morgan fingerprint density at radius 1 is 1.19 bits per heavy atom. The number of anilines is 2. The Balaban J connectivity index is 1.51. The highest BCUT2D eigenvalue weighted by Crippen LogP contribution is 2.30. The second-order valence-electron chi connectivity index (χ2n) is 6.95. The van der Waals surface area contributed by atoms with E-state index in [2.05, 4.69) is 25.9 Å². The van der Waals surface area contributed by atoms with E-state index >= 15 is 0 Å². The van der Waals surface area contributed by atoms with Crippen molar-refractivity contribution in [3.05, 3.63) is 56.6 Å². The van der Waals surface area contributed by atoms with Gasteiger partial charge in [0.25, 0.3) is 5.56 Å². The van der Waals surface area contributed by atoms with E-state index in [9.17, 15) is 24.3 Å². The number of aromatic hydroxyl groups is 1. The first kappa shape index (κ1) is 21.1.